The highest BCUT2D eigenvalue weighted by Gasteiger charge is 2.39. The zero-order valence-electron chi connectivity index (χ0n) is 21.6. The summed E-state index contributed by atoms with van der Waals surface area (Å²) in [5, 5.41) is 24.4. The molecule has 212 valence electrons. The Morgan fingerprint density at radius 3 is 2.33 bits per heavy atom. The summed E-state index contributed by atoms with van der Waals surface area (Å²) in [5.41, 5.74) is 2.25. The van der Waals surface area contributed by atoms with Crippen molar-refractivity contribution in [3.8, 4) is 16.9 Å². The topological polar surface area (TPSA) is 129 Å². The maximum Gasteiger partial charge on any atom is 0.416 e. The third kappa shape index (κ3) is 5.12. The number of esters is 1. The number of amides is 1. The van der Waals surface area contributed by atoms with Crippen LogP contribution in [0.3, 0.4) is 0 Å². The molecule has 1 aliphatic heterocycles. The van der Waals surface area contributed by atoms with Crippen LogP contribution in [0.2, 0.25) is 0 Å². The number of aromatic hydroxyl groups is 1. The Labute approximate surface area is 236 Å². The van der Waals surface area contributed by atoms with Crippen molar-refractivity contribution < 1.29 is 42.5 Å². The van der Waals surface area contributed by atoms with Gasteiger partial charge in [-0.15, -0.1) is 0 Å². The number of carboxylic acids is 1. The van der Waals surface area contributed by atoms with Gasteiger partial charge in [0, 0.05) is 11.1 Å². The molecule has 0 fully saturated rings. The number of aromatic carboxylic acids is 1. The van der Waals surface area contributed by atoms with Crippen molar-refractivity contribution in [1.82, 2.24) is 0 Å². The number of benzene rings is 4. The van der Waals surface area contributed by atoms with E-state index in [2.05, 4.69) is 10.5 Å². The Hall–Kier alpha value is -5.65. The maximum absolute atomic E-state index is 13.6. The number of methoxy groups -OCH3 is 1. The zero-order chi connectivity index (χ0) is 30.2. The third-order valence-corrected chi connectivity index (χ3v) is 6.50. The van der Waals surface area contributed by atoms with E-state index in [0.717, 1.165) is 23.1 Å². The lowest BCUT2D eigenvalue weighted by atomic mass is 10.0. The quantitative estimate of drug-likeness (QED) is 0.145. The van der Waals surface area contributed by atoms with E-state index in [1.54, 1.807) is 18.2 Å². The normalized spacial score (nSPS) is 13.7. The predicted octanol–water partition coefficient (Wildman–Crippen LogP) is 6.06. The number of phenols is 1. The van der Waals surface area contributed by atoms with Crippen LogP contribution in [0.4, 0.5) is 30.2 Å². The zero-order valence-corrected chi connectivity index (χ0v) is 21.6. The van der Waals surface area contributed by atoms with Gasteiger partial charge < -0.3 is 14.9 Å². The van der Waals surface area contributed by atoms with Gasteiger partial charge in [-0.05, 0) is 60.2 Å². The van der Waals surface area contributed by atoms with Gasteiger partial charge in [0.15, 0.2) is 5.71 Å². The number of para-hydroxylation sites is 1. The smallest absolute Gasteiger partial charge is 0.416 e. The van der Waals surface area contributed by atoms with Crippen LogP contribution in [0.1, 0.15) is 31.8 Å². The average Bonchev–Trinajstić information content (AvgIpc) is 3.26. The number of carbonyl (C=O) groups is 3. The summed E-state index contributed by atoms with van der Waals surface area (Å²) in [4.78, 5) is 38.1. The summed E-state index contributed by atoms with van der Waals surface area (Å²) >= 11 is 0. The second-order valence-electron chi connectivity index (χ2n) is 9.07. The first kappa shape index (κ1) is 27.9. The SMILES string of the molecule is COC(=O)c1cccc(N2C(=O)/C(=N\Nc3cccc(-c4cccc(C(=O)O)c4)c3O)c3ccc(C(F)(F)F)cc32)c1. The van der Waals surface area contributed by atoms with Crippen LogP contribution in [0, 0.1) is 0 Å². The monoisotopic (exact) mass is 575 g/mol. The van der Waals surface area contributed by atoms with Gasteiger partial charge >= 0.3 is 18.1 Å². The van der Waals surface area contributed by atoms with E-state index in [4.69, 9.17) is 4.74 Å². The molecule has 0 aliphatic carbocycles. The first-order valence-electron chi connectivity index (χ1n) is 12.2. The summed E-state index contributed by atoms with van der Waals surface area (Å²) in [6.45, 7) is 0. The molecule has 1 amide bonds. The molecule has 42 heavy (non-hydrogen) atoms. The third-order valence-electron chi connectivity index (χ3n) is 6.50. The van der Waals surface area contributed by atoms with Crippen molar-refractivity contribution in [2.75, 3.05) is 17.4 Å². The first-order chi connectivity index (χ1) is 20.0. The highest BCUT2D eigenvalue weighted by Crippen LogP contribution is 2.41. The van der Waals surface area contributed by atoms with Crippen molar-refractivity contribution in [2.24, 2.45) is 5.10 Å². The van der Waals surface area contributed by atoms with Crippen molar-refractivity contribution in [3.63, 3.8) is 0 Å². The molecule has 0 atom stereocenters. The lowest BCUT2D eigenvalue weighted by Crippen LogP contribution is -2.26. The molecule has 5 rings (SSSR count). The molecule has 0 saturated carbocycles. The van der Waals surface area contributed by atoms with Crippen molar-refractivity contribution >= 4 is 40.6 Å². The summed E-state index contributed by atoms with van der Waals surface area (Å²) in [6, 6.07) is 18.9. The second kappa shape index (κ2) is 10.7. The number of alkyl halides is 3. The average molecular weight is 575 g/mol. The molecular formula is C30H20F3N3O6. The molecule has 1 heterocycles. The van der Waals surface area contributed by atoms with Gasteiger partial charge in [-0.1, -0.05) is 30.3 Å². The number of phenolic OH excluding ortho intramolecular Hbond substituents is 1. The molecule has 0 saturated heterocycles. The summed E-state index contributed by atoms with van der Waals surface area (Å²) in [6.07, 6.45) is -4.69. The molecule has 0 unspecified atom stereocenters. The number of nitrogens with one attached hydrogen (secondary N) is 1. The van der Waals surface area contributed by atoms with Gasteiger partial charge in [-0.2, -0.15) is 18.3 Å². The van der Waals surface area contributed by atoms with Gasteiger partial charge in [-0.25, -0.2) is 9.59 Å². The van der Waals surface area contributed by atoms with E-state index >= 15 is 0 Å². The Bertz CT molecular complexity index is 1780. The van der Waals surface area contributed by atoms with Crippen molar-refractivity contribution in [1.29, 1.82) is 0 Å². The summed E-state index contributed by atoms with van der Waals surface area (Å²) in [5.74, 6) is -2.94. The molecule has 1 aliphatic rings. The van der Waals surface area contributed by atoms with E-state index in [-0.39, 0.29) is 50.8 Å². The Kier molecular flexibility index (Phi) is 7.13. The molecule has 0 radical (unpaired) electrons. The molecule has 4 aromatic rings. The van der Waals surface area contributed by atoms with Crippen LogP contribution >= 0.6 is 0 Å². The standard InChI is InChI=1S/C30H20F3N3O6/c1-42-29(41)18-7-3-8-20(14-18)36-24-15-19(30(31,32)33)11-12-22(24)25(27(36)38)35-34-23-10-4-9-21(26(23)37)16-5-2-6-17(13-16)28(39)40/h2-15,34,37H,1H3,(H,39,40)/b35-25-. The molecule has 9 nitrogen and oxygen atoms in total. The summed E-state index contributed by atoms with van der Waals surface area (Å²) < 4.78 is 45.5. The van der Waals surface area contributed by atoms with Crippen LogP contribution < -0.4 is 10.3 Å². The molecular weight excluding hydrogens is 555 g/mol. The minimum Gasteiger partial charge on any atom is -0.505 e. The molecule has 0 bridgehead atoms. The fourth-order valence-corrected chi connectivity index (χ4v) is 4.48. The van der Waals surface area contributed by atoms with Gasteiger partial charge in [0.05, 0.1) is 40.9 Å². The Morgan fingerprint density at radius 2 is 1.62 bits per heavy atom. The number of carboxylic acid groups (broad SMARTS) is 1. The van der Waals surface area contributed by atoms with Gasteiger partial charge in [-0.3, -0.25) is 15.1 Å². The van der Waals surface area contributed by atoms with Crippen LogP contribution in [0.25, 0.3) is 11.1 Å². The fraction of sp³-hybridized carbons (Fsp3) is 0.0667. The van der Waals surface area contributed by atoms with E-state index in [1.807, 2.05) is 0 Å². The lowest BCUT2D eigenvalue weighted by Gasteiger charge is -2.18. The van der Waals surface area contributed by atoms with Crippen LogP contribution in [-0.2, 0) is 15.7 Å². The number of ether oxygens (including phenoxy) is 1. The number of nitrogens with zero attached hydrogens (tertiary/aromatic N) is 2. The summed E-state index contributed by atoms with van der Waals surface area (Å²) in [7, 11) is 1.17. The van der Waals surface area contributed by atoms with Gasteiger partial charge in [0.2, 0.25) is 0 Å². The minimum absolute atomic E-state index is 0.00764. The van der Waals surface area contributed by atoms with Gasteiger partial charge in [0.25, 0.3) is 5.91 Å². The molecule has 0 spiro atoms. The van der Waals surface area contributed by atoms with E-state index < -0.39 is 29.6 Å². The molecule has 0 aromatic heterocycles. The van der Waals surface area contributed by atoms with Crippen molar-refractivity contribution in [3.05, 3.63) is 107 Å². The maximum atomic E-state index is 13.6. The number of hydrogen-bond acceptors (Lipinski definition) is 7. The van der Waals surface area contributed by atoms with Gasteiger partial charge in [0.1, 0.15) is 5.75 Å². The van der Waals surface area contributed by atoms with Crippen LogP contribution in [0.5, 0.6) is 5.75 Å². The Morgan fingerprint density at radius 1 is 0.905 bits per heavy atom. The molecule has 3 N–H and O–H groups in total. The number of hydrogen-bond donors (Lipinski definition) is 3. The highest BCUT2D eigenvalue weighted by molar-refractivity contribution is 6.55. The number of hydrazone groups is 1. The number of rotatable bonds is 6. The first-order valence-corrected chi connectivity index (χ1v) is 12.2. The number of anilines is 3. The second-order valence-corrected chi connectivity index (χ2v) is 9.07. The van der Waals surface area contributed by atoms with E-state index in [1.165, 1.54) is 55.6 Å². The van der Waals surface area contributed by atoms with E-state index in [0.29, 0.717) is 5.56 Å². The molecule has 12 heteroatoms. The number of halogens is 3. The fourth-order valence-electron chi connectivity index (χ4n) is 4.48. The van der Waals surface area contributed by atoms with Crippen LogP contribution in [0.15, 0.2) is 90.0 Å². The largest absolute Gasteiger partial charge is 0.505 e. The number of fused-ring (bicyclic) bond motifs is 1. The minimum atomic E-state index is -4.69. The van der Waals surface area contributed by atoms with Crippen LogP contribution in [-0.4, -0.2) is 40.9 Å². The van der Waals surface area contributed by atoms with E-state index in [9.17, 15) is 37.8 Å². The number of carbonyl (C=O) groups excluding carboxylic acids is 2. The highest BCUT2D eigenvalue weighted by atomic mass is 19.4. The Balaban J connectivity index is 1.57. The predicted molar refractivity (Wildman–Crippen MR) is 147 cm³/mol. The molecule has 4 aromatic carbocycles. The lowest BCUT2D eigenvalue weighted by molar-refractivity contribution is -0.137. The van der Waals surface area contributed by atoms with Crippen molar-refractivity contribution in [2.45, 2.75) is 6.18 Å².